The van der Waals surface area contributed by atoms with Crippen LogP contribution < -0.4 is 0 Å². The van der Waals surface area contributed by atoms with Crippen molar-refractivity contribution in [1.29, 1.82) is 0 Å². The fourth-order valence-electron chi connectivity index (χ4n) is 0.554. The van der Waals surface area contributed by atoms with E-state index in [1.807, 2.05) is 0 Å². The molecule has 0 atom stereocenters. The predicted molar refractivity (Wildman–Crippen MR) is 77.9 cm³/mol. The Morgan fingerprint density at radius 3 is 1.48 bits per heavy atom. The fourth-order valence-corrected chi connectivity index (χ4v) is 0.554. The summed E-state index contributed by atoms with van der Waals surface area (Å²) in [5.74, 6) is -0.426. The maximum absolute atomic E-state index is 10.5. The SMILES string of the molecule is C=CCOC(=O)OOC(=O)OCC=C.CC(=O)OOC(C)(C)C. The highest BCUT2D eigenvalue weighted by molar-refractivity contribution is 5.65. The highest BCUT2D eigenvalue weighted by Gasteiger charge is 2.12. The summed E-state index contributed by atoms with van der Waals surface area (Å²) in [6.07, 6.45) is 0.357. The van der Waals surface area contributed by atoms with E-state index in [0.29, 0.717) is 0 Å². The average Bonchev–Trinajstić information content (AvgIpc) is 2.46. The third kappa shape index (κ3) is 21.9. The van der Waals surface area contributed by atoms with Crippen molar-refractivity contribution in [3.05, 3.63) is 25.3 Å². The highest BCUT2D eigenvalue weighted by Crippen LogP contribution is 2.06. The maximum atomic E-state index is 10.5. The molecule has 0 aliphatic carbocycles. The number of hydrogen-bond acceptors (Lipinski definition) is 9. The van der Waals surface area contributed by atoms with Crippen molar-refractivity contribution >= 4 is 18.3 Å². The Labute approximate surface area is 134 Å². The van der Waals surface area contributed by atoms with E-state index in [2.05, 4.69) is 42.2 Å². The van der Waals surface area contributed by atoms with Crippen LogP contribution in [0.25, 0.3) is 0 Å². The van der Waals surface area contributed by atoms with Crippen LogP contribution in [0.3, 0.4) is 0 Å². The molecule has 0 heterocycles. The molecule has 0 unspecified atom stereocenters. The Morgan fingerprint density at radius 2 is 1.26 bits per heavy atom. The molecule has 9 heteroatoms. The first kappa shape index (κ1) is 22.7. The third-order valence-corrected chi connectivity index (χ3v) is 1.22. The standard InChI is InChI=1S/C8H10O6.C6H12O3/c1-3-5-11-7(9)13-14-8(10)12-6-4-2;1-5(7)8-9-6(2,3)4/h3-4H,1-2,5-6H2;1-4H3. The largest absolute Gasteiger partial charge is 0.550 e. The lowest BCUT2D eigenvalue weighted by atomic mass is 10.2. The van der Waals surface area contributed by atoms with E-state index in [4.69, 9.17) is 0 Å². The van der Waals surface area contributed by atoms with Gasteiger partial charge in [0.05, 0.1) is 0 Å². The van der Waals surface area contributed by atoms with E-state index >= 15 is 0 Å². The molecule has 132 valence electrons. The zero-order valence-electron chi connectivity index (χ0n) is 13.7. The minimum atomic E-state index is -1.15. The van der Waals surface area contributed by atoms with Crippen molar-refractivity contribution in [2.75, 3.05) is 13.2 Å². The first-order valence-corrected chi connectivity index (χ1v) is 6.38. The van der Waals surface area contributed by atoms with Crippen LogP contribution in [0, 0.1) is 0 Å². The molecule has 9 nitrogen and oxygen atoms in total. The lowest BCUT2D eigenvalue weighted by Crippen LogP contribution is -2.20. The van der Waals surface area contributed by atoms with Gasteiger partial charge in [-0.2, -0.15) is 24.3 Å². The van der Waals surface area contributed by atoms with Crippen LogP contribution >= 0.6 is 0 Å². The molecule has 0 fully saturated rings. The quantitative estimate of drug-likeness (QED) is 0.324. The van der Waals surface area contributed by atoms with Gasteiger partial charge in [0.2, 0.25) is 0 Å². The Bertz CT molecular complexity index is 372. The van der Waals surface area contributed by atoms with Crippen LogP contribution in [0.15, 0.2) is 25.3 Å². The molecule has 0 aromatic heterocycles. The van der Waals surface area contributed by atoms with E-state index in [1.54, 1.807) is 20.8 Å². The van der Waals surface area contributed by atoms with Crippen molar-refractivity contribution < 1.29 is 43.4 Å². The molecule has 0 amide bonds. The Balaban J connectivity index is 0. The summed E-state index contributed by atoms with van der Waals surface area (Å²) in [4.78, 5) is 47.9. The van der Waals surface area contributed by atoms with E-state index in [0.717, 1.165) is 0 Å². The van der Waals surface area contributed by atoms with E-state index in [-0.39, 0.29) is 13.2 Å². The molecule has 0 rings (SSSR count). The summed E-state index contributed by atoms with van der Waals surface area (Å²) in [5.41, 5.74) is -0.411. The molecule has 0 N–H and O–H groups in total. The smallest absolute Gasteiger partial charge is 0.428 e. The predicted octanol–water partition coefficient (Wildman–Crippen LogP) is 2.86. The molecule has 0 radical (unpaired) electrons. The van der Waals surface area contributed by atoms with Gasteiger partial charge in [-0.3, -0.25) is 4.89 Å². The number of hydrogen-bond donors (Lipinski definition) is 0. The molecular formula is C14H22O9. The van der Waals surface area contributed by atoms with Crippen molar-refractivity contribution in [2.24, 2.45) is 0 Å². The summed E-state index contributed by atoms with van der Waals surface area (Å²) in [7, 11) is 0. The second-order valence-corrected chi connectivity index (χ2v) is 4.64. The average molecular weight is 334 g/mol. The second-order valence-electron chi connectivity index (χ2n) is 4.64. The number of carbonyl (C=O) groups excluding carboxylic acids is 3. The highest BCUT2D eigenvalue weighted by atomic mass is 17.3. The lowest BCUT2D eigenvalue weighted by Gasteiger charge is -2.15. The van der Waals surface area contributed by atoms with Crippen LogP contribution in [0.1, 0.15) is 27.7 Å². The first-order valence-electron chi connectivity index (χ1n) is 6.38. The molecule has 0 aromatic carbocycles. The number of rotatable bonds is 5. The van der Waals surface area contributed by atoms with Gasteiger partial charge >= 0.3 is 18.3 Å². The summed E-state index contributed by atoms with van der Waals surface area (Å²) in [6, 6.07) is 0. The van der Waals surface area contributed by atoms with E-state index in [9.17, 15) is 14.4 Å². The van der Waals surface area contributed by atoms with Crippen molar-refractivity contribution in [2.45, 2.75) is 33.3 Å². The summed E-state index contributed by atoms with van der Waals surface area (Å²) in [6.45, 7) is 13.2. The third-order valence-electron chi connectivity index (χ3n) is 1.22. The summed E-state index contributed by atoms with van der Waals surface area (Å²) >= 11 is 0. The molecule has 0 aromatic rings. The van der Waals surface area contributed by atoms with Gasteiger partial charge in [-0.1, -0.05) is 25.3 Å². The maximum Gasteiger partial charge on any atom is 0.550 e. The van der Waals surface area contributed by atoms with E-state index < -0.39 is 23.9 Å². The Hall–Kier alpha value is -2.55. The molecule has 0 saturated carbocycles. The van der Waals surface area contributed by atoms with Crippen LogP contribution in [0.4, 0.5) is 9.59 Å². The van der Waals surface area contributed by atoms with Crippen molar-refractivity contribution in [3.63, 3.8) is 0 Å². The van der Waals surface area contributed by atoms with Crippen LogP contribution in [-0.4, -0.2) is 37.1 Å². The van der Waals surface area contributed by atoms with E-state index in [1.165, 1.54) is 19.1 Å². The fraction of sp³-hybridized carbons (Fsp3) is 0.500. The molecule has 0 aliphatic rings. The van der Waals surface area contributed by atoms with Gasteiger partial charge in [0, 0.05) is 6.92 Å². The zero-order chi connectivity index (χ0) is 18.3. The normalized spacial score (nSPS) is 9.39. The molecule has 0 saturated heterocycles. The number of carbonyl (C=O) groups is 3. The second kappa shape index (κ2) is 13.1. The topological polar surface area (TPSA) is 107 Å². The van der Waals surface area contributed by atoms with Crippen LogP contribution in [0.5, 0.6) is 0 Å². The van der Waals surface area contributed by atoms with Gasteiger partial charge in [0.1, 0.15) is 18.8 Å². The Morgan fingerprint density at radius 1 is 0.870 bits per heavy atom. The monoisotopic (exact) mass is 334 g/mol. The Kier molecular flexibility index (Phi) is 13.0. The van der Waals surface area contributed by atoms with Crippen molar-refractivity contribution in [3.8, 4) is 0 Å². The molecule has 0 spiro atoms. The first-order chi connectivity index (χ1) is 10.6. The number of ether oxygens (including phenoxy) is 2. The minimum absolute atomic E-state index is 0.0378. The molecule has 23 heavy (non-hydrogen) atoms. The molecular weight excluding hydrogens is 312 g/mol. The van der Waals surface area contributed by atoms with Crippen molar-refractivity contribution in [1.82, 2.24) is 0 Å². The minimum Gasteiger partial charge on any atom is -0.428 e. The molecule has 0 bridgehead atoms. The lowest BCUT2D eigenvalue weighted by molar-refractivity contribution is -0.318. The van der Waals surface area contributed by atoms with Gasteiger partial charge < -0.3 is 9.47 Å². The van der Waals surface area contributed by atoms with Crippen LogP contribution in [-0.2, 0) is 33.8 Å². The van der Waals surface area contributed by atoms with Gasteiger partial charge in [-0.25, -0.2) is 4.79 Å². The summed E-state index contributed by atoms with van der Waals surface area (Å²) < 4.78 is 8.63. The zero-order valence-corrected chi connectivity index (χ0v) is 13.7. The summed E-state index contributed by atoms with van der Waals surface area (Å²) in [5, 5.41) is 0. The van der Waals surface area contributed by atoms with Gasteiger partial charge in [-0.05, 0) is 20.8 Å². The van der Waals surface area contributed by atoms with Gasteiger partial charge in [-0.15, -0.1) is 0 Å². The van der Waals surface area contributed by atoms with Crippen LogP contribution in [0.2, 0.25) is 0 Å². The van der Waals surface area contributed by atoms with Gasteiger partial charge in [0.15, 0.2) is 0 Å². The van der Waals surface area contributed by atoms with Gasteiger partial charge in [0.25, 0.3) is 0 Å². The molecule has 0 aliphatic heterocycles.